The van der Waals surface area contributed by atoms with Gasteiger partial charge in [0.15, 0.2) is 0 Å². The second kappa shape index (κ2) is 3.97. The first-order valence-electron chi connectivity index (χ1n) is 4.42. The van der Waals surface area contributed by atoms with Crippen LogP contribution in [-0.4, -0.2) is 33.4 Å². The zero-order valence-electron chi connectivity index (χ0n) is 7.27. The van der Waals surface area contributed by atoms with Crippen molar-refractivity contribution in [3.63, 3.8) is 0 Å². The second-order valence-electron chi connectivity index (χ2n) is 3.25. The van der Waals surface area contributed by atoms with Crippen molar-refractivity contribution in [3.05, 3.63) is 4.77 Å². The highest BCUT2D eigenvalue weighted by Crippen LogP contribution is 2.16. The molecule has 1 atom stereocenters. The summed E-state index contributed by atoms with van der Waals surface area (Å²) in [6, 6.07) is 0. The van der Waals surface area contributed by atoms with Gasteiger partial charge in [-0.3, -0.25) is 0 Å². The van der Waals surface area contributed by atoms with Crippen LogP contribution in [0.4, 0.5) is 0 Å². The molecule has 0 bridgehead atoms. The van der Waals surface area contributed by atoms with Crippen LogP contribution in [0.1, 0.15) is 12.8 Å². The number of rotatable bonds is 3. The maximum Gasteiger partial charge on any atom is 0.238 e. The van der Waals surface area contributed by atoms with Gasteiger partial charge in [-0.2, -0.15) is 5.21 Å². The third kappa shape index (κ3) is 2.13. The molecule has 2 rings (SSSR count). The minimum Gasteiger partial charge on any atom is -0.381 e. The third-order valence-corrected chi connectivity index (χ3v) is 2.62. The fourth-order valence-electron chi connectivity index (χ4n) is 1.48. The van der Waals surface area contributed by atoms with E-state index < -0.39 is 0 Å². The molecule has 1 aromatic heterocycles. The lowest BCUT2D eigenvalue weighted by Crippen LogP contribution is -2.07. The average molecular weight is 200 g/mol. The normalized spacial score (nSPS) is 22.3. The van der Waals surface area contributed by atoms with Crippen LogP contribution in [0.3, 0.4) is 0 Å². The maximum absolute atomic E-state index is 5.28. The van der Waals surface area contributed by atoms with Gasteiger partial charge >= 0.3 is 0 Å². The van der Waals surface area contributed by atoms with E-state index in [4.69, 9.17) is 17.0 Å². The number of H-pyrrole nitrogens is 1. The molecule has 1 fully saturated rings. The summed E-state index contributed by atoms with van der Waals surface area (Å²) in [7, 11) is 0. The molecule has 72 valence electrons. The number of nitrogens with zero attached hydrogens (tertiary/aromatic N) is 3. The van der Waals surface area contributed by atoms with E-state index in [9.17, 15) is 0 Å². The molecule has 5 nitrogen and oxygen atoms in total. The molecule has 1 N–H and O–H groups in total. The molecular formula is C7H12N4OS. The molecule has 13 heavy (non-hydrogen) atoms. The number of nitrogens with one attached hydrogen (secondary N) is 1. The quantitative estimate of drug-likeness (QED) is 0.732. The Bertz CT molecular complexity index is 314. The minimum atomic E-state index is 0.527. The number of ether oxygens (including phenoxy) is 1. The summed E-state index contributed by atoms with van der Waals surface area (Å²) in [5.41, 5.74) is 0. The van der Waals surface area contributed by atoms with E-state index in [2.05, 4.69) is 15.5 Å². The highest BCUT2D eigenvalue weighted by molar-refractivity contribution is 7.71. The summed E-state index contributed by atoms with van der Waals surface area (Å²) in [5, 5.41) is 10.1. The van der Waals surface area contributed by atoms with Gasteiger partial charge in [-0.25, -0.2) is 4.68 Å². The maximum atomic E-state index is 5.28. The molecule has 1 aliphatic heterocycles. The SMILES string of the molecule is S=c1nn[nH]n1CCC1CCOC1. The number of tetrazole rings is 1. The predicted molar refractivity (Wildman–Crippen MR) is 48.7 cm³/mol. The molecule has 0 radical (unpaired) electrons. The Morgan fingerprint density at radius 1 is 1.69 bits per heavy atom. The van der Waals surface area contributed by atoms with E-state index in [1.54, 1.807) is 4.68 Å². The molecule has 6 heteroatoms. The molecule has 0 spiro atoms. The molecular weight excluding hydrogens is 188 g/mol. The summed E-state index contributed by atoms with van der Waals surface area (Å²) < 4.78 is 7.59. The van der Waals surface area contributed by atoms with E-state index in [0.717, 1.165) is 32.6 Å². The highest BCUT2D eigenvalue weighted by Gasteiger charge is 2.15. The van der Waals surface area contributed by atoms with Crippen LogP contribution in [-0.2, 0) is 11.3 Å². The number of hydrogen-bond donors (Lipinski definition) is 1. The van der Waals surface area contributed by atoms with Crippen molar-refractivity contribution in [1.82, 2.24) is 20.2 Å². The lowest BCUT2D eigenvalue weighted by Gasteiger charge is -2.05. The van der Waals surface area contributed by atoms with E-state index in [-0.39, 0.29) is 0 Å². The fraction of sp³-hybridized carbons (Fsp3) is 0.857. The van der Waals surface area contributed by atoms with Gasteiger partial charge in [0.05, 0.1) is 0 Å². The Hall–Kier alpha value is -0.750. The monoisotopic (exact) mass is 200 g/mol. The first kappa shape index (κ1) is 8.83. The molecule has 0 amide bonds. The van der Waals surface area contributed by atoms with Crippen LogP contribution in [0.25, 0.3) is 0 Å². The zero-order valence-corrected chi connectivity index (χ0v) is 8.09. The average Bonchev–Trinajstić information content (AvgIpc) is 2.72. The van der Waals surface area contributed by atoms with E-state index >= 15 is 0 Å². The van der Waals surface area contributed by atoms with Gasteiger partial charge in [0.1, 0.15) is 0 Å². The van der Waals surface area contributed by atoms with Crippen molar-refractivity contribution in [2.45, 2.75) is 19.4 Å². The van der Waals surface area contributed by atoms with Crippen molar-refractivity contribution >= 4 is 12.2 Å². The standard InChI is InChI=1S/C7H12N4OS/c13-7-8-9-10-11(7)3-1-6-2-4-12-5-6/h6H,1-5H2,(H,8,10,13). The second-order valence-corrected chi connectivity index (χ2v) is 3.62. The highest BCUT2D eigenvalue weighted by atomic mass is 32.1. The minimum absolute atomic E-state index is 0.527. The van der Waals surface area contributed by atoms with Crippen molar-refractivity contribution in [2.24, 2.45) is 5.92 Å². The molecule has 1 aliphatic rings. The van der Waals surface area contributed by atoms with Crippen LogP contribution in [0.15, 0.2) is 0 Å². The molecule has 1 aromatic rings. The molecule has 1 unspecified atom stereocenters. The third-order valence-electron chi connectivity index (χ3n) is 2.32. The number of hydrogen-bond acceptors (Lipinski definition) is 4. The topological polar surface area (TPSA) is 55.7 Å². The van der Waals surface area contributed by atoms with E-state index in [0.29, 0.717) is 10.7 Å². The number of aromatic amines is 1. The van der Waals surface area contributed by atoms with Crippen molar-refractivity contribution in [3.8, 4) is 0 Å². The van der Waals surface area contributed by atoms with Crippen molar-refractivity contribution in [2.75, 3.05) is 13.2 Å². The Labute approximate surface area is 81.1 Å². The Morgan fingerprint density at radius 2 is 2.62 bits per heavy atom. The van der Waals surface area contributed by atoms with E-state index in [1.807, 2.05) is 0 Å². The van der Waals surface area contributed by atoms with Gasteiger partial charge in [0, 0.05) is 19.8 Å². The fourth-order valence-corrected chi connectivity index (χ4v) is 1.66. The van der Waals surface area contributed by atoms with Crippen LogP contribution < -0.4 is 0 Å². The Kier molecular flexibility index (Phi) is 2.70. The summed E-state index contributed by atoms with van der Waals surface area (Å²) >= 11 is 4.95. The van der Waals surface area contributed by atoms with Gasteiger partial charge in [-0.1, -0.05) is 10.3 Å². The van der Waals surface area contributed by atoms with Crippen LogP contribution in [0.5, 0.6) is 0 Å². The van der Waals surface area contributed by atoms with Gasteiger partial charge in [0.2, 0.25) is 4.77 Å². The van der Waals surface area contributed by atoms with Gasteiger partial charge in [-0.05, 0) is 31.0 Å². The van der Waals surface area contributed by atoms with Gasteiger partial charge in [-0.15, -0.1) is 0 Å². The number of aromatic nitrogens is 4. The van der Waals surface area contributed by atoms with E-state index in [1.165, 1.54) is 0 Å². The summed E-state index contributed by atoms with van der Waals surface area (Å²) in [6.07, 6.45) is 2.24. The van der Waals surface area contributed by atoms with Crippen molar-refractivity contribution < 1.29 is 4.74 Å². The molecule has 0 saturated carbocycles. The smallest absolute Gasteiger partial charge is 0.238 e. The molecule has 0 aromatic carbocycles. The predicted octanol–water partition coefficient (Wildman–Crippen LogP) is 0.762. The first-order valence-corrected chi connectivity index (χ1v) is 4.83. The zero-order chi connectivity index (χ0) is 9.10. The molecule has 0 aliphatic carbocycles. The largest absolute Gasteiger partial charge is 0.381 e. The van der Waals surface area contributed by atoms with Crippen molar-refractivity contribution in [1.29, 1.82) is 0 Å². The Morgan fingerprint density at radius 3 is 3.23 bits per heavy atom. The number of aryl methyl sites for hydroxylation is 1. The van der Waals surface area contributed by atoms with Crippen LogP contribution >= 0.6 is 12.2 Å². The molecule has 1 saturated heterocycles. The van der Waals surface area contributed by atoms with Gasteiger partial charge < -0.3 is 4.74 Å². The Balaban J connectivity index is 1.85. The molecule has 2 heterocycles. The van der Waals surface area contributed by atoms with Crippen LogP contribution in [0.2, 0.25) is 0 Å². The summed E-state index contributed by atoms with van der Waals surface area (Å²) in [4.78, 5) is 0. The lowest BCUT2D eigenvalue weighted by molar-refractivity contribution is 0.183. The summed E-state index contributed by atoms with van der Waals surface area (Å²) in [5.74, 6) is 0.671. The van der Waals surface area contributed by atoms with Gasteiger partial charge in [0.25, 0.3) is 0 Å². The first-order chi connectivity index (χ1) is 6.36. The lowest BCUT2D eigenvalue weighted by atomic mass is 10.1. The summed E-state index contributed by atoms with van der Waals surface area (Å²) in [6.45, 7) is 2.64. The van der Waals surface area contributed by atoms with Crippen LogP contribution in [0, 0.1) is 10.7 Å².